The molecule has 178 valence electrons. The molecule has 0 aliphatic carbocycles. The van der Waals surface area contributed by atoms with Gasteiger partial charge in [0.15, 0.2) is 0 Å². The van der Waals surface area contributed by atoms with E-state index in [2.05, 4.69) is 4.72 Å². The number of fused-ring (bicyclic) bond motifs is 3. The fraction of sp³-hybridized carbons (Fsp3) is 0.208. The summed E-state index contributed by atoms with van der Waals surface area (Å²) in [6.45, 7) is 3.20. The second-order valence-electron chi connectivity index (χ2n) is 8.23. The fourth-order valence-corrected chi connectivity index (χ4v) is 5.03. The standard InChI is InChI=1S/C24H20F3NO5S/c1-13(2)22(23(29)30)28-34(31,32)17-8-10-20-19(12-17)18-9-5-15(11-21(18)33-20)14-3-6-16(7-4-14)24(25,26)27/h3-13,22,28H,1-2H3,(H,29,30)/t22-/m1/s1. The third-order valence-corrected chi connectivity index (χ3v) is 6.95. The summed E-state index contributed by atoms with van der Waals surface area (Å²) in [5.74, 6) is -1.74. The molecule has 4 rings (SSSR count). The Kier molecular flexibility index (Phi) is 5.91. The number of sulfonamides is 1. The second-order valence-corrected chi connectivity index (χ2v) is 9.94. The number of carboxylic acid groups (broad SMARTS) is 1. The first kappa shape index (κ1) is 23.8. The number of benzene rings is 3. The summed E-state index contributed by atoms with van der Waals surface area (Å²) < 4.78 is 72.1. The predicted molar refractivity (Wildman–Crippen MR) is 121 cm³/mol. The molecule has 1 atom stereocenters. The average Bonchev–Trinajstić information content (AvgIpc) is 3.13. The number of aliphatic carboxylic acids is 1. The highest BCUT2D eigenvalue weighted by molar-refractivity contribution is 7.89. The lowest BCUT2D eigenvalue weighted by atomic mass is 10.0. The minimum absolute atomic E-state index is 0.110. The Labute approximate surface area is 193 Å². The number of nitrogens with one attached hydrogen (secondary N) is 1. The molecule has 0 saturated carbocycles. The Morgan fingerprint density at radius 3 is 2.15 bits per heavy atom. The molecule has 0 aliphatic rings. The highest BCUT2D eigenvalue weighted by Gasteiger charge is 2.30. The maximum atomic E-state index is 12.8. The van der Waals surface area contributed by atoms with Crippen LogP contribution in [0.2, 0.25) is 0 Å². The van der Waals surface area contributed by atoms with Crippen molar-refractivity contribution in [1.82, 2.24) is 4.72 Å². The molecule has 0 amide bonds. The first-order valence-corrected chi connectivity index (χ1v) is 11.7. The lowest BCUT2D eigenvalue weighted by molar-refractivity contribution is -0.140. The van der Waals surface area contributed by atoms with Crippen LogP contribution in [0, 0.1) is 5.92 Å². The quantitative estimate of drug-likeness (QED) is 0.363. The van der Waals surface area contributed by atoms with Gasteiger partial charge in [-0.15, -0.1) is 0 Å². The van der Waals surface area contributed by atoms with Gasteiger partial charge in [-0.25, -0.2) is 8.42 Å². The Morgan fingerprint density at radius 1 is 0.912 bits per heavy atom. The Balaban J connectivity index is 1.72. The molecule has 0 bridgehead atoms. The lowest BCUT2D eigenvalue weighted by Gasteiger charge is -2.17. The molecule has 1 heterocycles. The fourth-order valence-electron chi connectivity index (χ4n) is 3.66. The van der Waals surface area contributed by atoms with E-state index in [1.807, 2.05) is 0 Å². The Bertz CT molecular complexity index is 1490. The maximum absolute atomic E-state index is 12.8. The van der Waals surface area contributed by atoms with Crippen molar-refractivity contribution in [2.45, 2.75) is 31.0 Å². The minimum Gasteiger partial charge on any atom is -0.480 e. The van der Waals surface area contributed by atoms with E-state index in [1.165, 1.54) is 30.3 Å². The summed E-state index contributed by atoms with van der Waals surface area (Å²) in [5, 5.41) is 10.4. The van der Waals surface area contributed by atoms with Gasteiger partial charge in [0.1, 0.15) is 17.2 Å². The maximum Gasteiger partial charge on any atom is 0.416 e. The van der Waals surface area contributed by atoms with Crippen molar-refractivity contribution >= 4 is 37.9 Å². The molecule has 10 heteroatoms. The molecular formula is C24H20F3NO5S. The van der Waals surface area contributed by atoms with Crippen LogP contribution in [0.4, 0.5) is 13.2 Å². The summed E-state index contributed by atoms with van der Waals surface area (Å²) in [4.78, 5) is 11.3. The minimum atomic E-state index is -4.42. The normalized spacial score (nSPS) is 13.6. The Hall–Kier alpha value is -3.37. The molecule has 2 N–H and O–H groups in total. The van der Waals surface area contributed by atoms with E-state index in [1.54, 1.807) is 32.0 Å². The zero-order valence-electron chi connectivity index (χ0n) is 18.1. The van der Waals surface area contributed by atoms with Crippen molar-refractivity contribution < 1.29 is 35.9 Å². The second kappa shape index (κ2) is 8.44. The number of carboxylic acids is 1. The van der Waals surface area contributed by atoms with E-state index in [9.17, 15) is 31.5 Å². The van der Waals surface area contributed by atoms with Crippen molar-refractivity contribution in [2.24, 2.45) is 5.92 Å². The molecule has 0 fully saturated rings. The van der Waals surface area contributed by atoms with Crippen LogP contribution < -0.4 is 4.72 Å². The van der Waals surface area contributed by atoms with Gasteiger partial charge in [0.05, 0.1) is 10.5 Å². The van der Waals surface area contributed by atoms with Gasteiger partial charge in [-0.3, -0.25) is 4.79 Å². The molecule has 6 nitrogen and oxygen atoms in total. The predicted octanol–water partition coefficient (Wildman–Crippen LogP) is 5.66. The Morgan fingerprint density at radius 2 is 1.56 bits per heavy atom. The van der Waals surface area contributed by atoms with Crippen LogP contribution in [0.3, 0.4) is 0 Å². The van der Waals surface area contributed by atoms with E-state index in [0.29, 0.717) is 33.1 Å². The van der Waals surface area contributed by atoms with Crippen LogP contribution in [0.25, 0.3) is 33.1 Å². The lowest BCUT2D eigenvalue weighted by Crippen LogP contribution is -2.44. The van der Waals surface area contributed by atoms with Gasteiger partial charge in [-0.2, -0.15) is 17.9 Å². The summed E-state index contributed by atoms with van der Waals surface area (Å²) in [6.07, 6.45) is -4.42. The monoisotopic (exact) mass is 491 g/mol. The van der Waals surface area contributed by atoms with Gasteiger partial charge >= 0.3 is 12.1 Å². The molecule has 1 aromatic heterocycles. The third-order valence-electron chi connectivity index (χ3n) is 5.51. The van der Waals surface area contributed by atoms with E-state index in [4.69, 9.17) is 4.42 Å². The molecule has 0 saturated heterocycles. The number of hydrogen-bond donors (Lipinski definition) is 2. The van der Waals surface area contributed by atoms with Gasteiger partial charge in [-0.1, -0.05) is 32.0 Å². The number of rotatable bonds is 6. The molecule has 4 aromatic rings. The van der Waals surface area contributed by atoms with Crippen LogP contribution in [0.15, 0.2) is 70.0 Å². The smallest absolute Gasteiger partial charge is 0.416 e. The number of hydrogen-bond acceptors (Lipinski definition) is 4. The van der Waals surface area contributed by atoms with Crippen LogP contribution in [-0.2, 0) is 21.0 Å². The first-order chi connectivity index (χ1) is 15.9. The van der Waals surface area contributed by atoms with Crippen LogP contribution in [0.1, 0.15) is 19.4 Å². The molecule has 0 radical (unpaired) electrons. The molecule has 0 aliphatic heterocycles. The number of halogens is 3. The largest absolute Gasteiger partial charge is 0.480 e. The molecule has 0 spiro atoms. The van der Waals surface area contributed by atoms with Gasteiger partial charge in [0.25, 0.3) is 0 Å². The van der Waals surface area contributed by atoms with Crippen molar-refractivity contribution in [3.05, 3.63) is 66.2 Å². The summed E-state index contributed by atoms with van der Waals surface area (Å²) in [5.41, 5.74) is 1.30. The van der Waals surface area contributed by atoms with Crippen LogP contribution in [0.5, 0.6) is 0 Å². The highest BCUT2D eigenvalue weighted by Crippen LogP contribution is 2.35. The van der Waals surface area contributed by atoms with Crippen molar-refractivity contribution in [3.63, 3.8) is 0 Å². The zero-order valence-corrected chi connectivity index (χ0v) is 18.9. The number of alkyl halides is 3. The summed E-state index contributed by atoms with van der Waals surface area (Å²) >= 11 is 0. The van der Waals surface area contributed by atoms with Gasteiger partial charge in [0.2, 0.25) is 10.0 Å². The van der Waals surface area contributed by atoms with Crippen molar-refractivity contribution in [1.29, 1.82) is 0 Å². The molecular weight excluding hydrogens is 471 g/mol. The van der Waals surface area contributed by atoms with Gasteiger partial charge in [0, 0.05) is 10.8 Å². The average molecular weight is 491 g/mol. The van der Waals surface area contributed by atoms with E-state index in [0.717, 1.165) is 12.1 Å². The van der Waals surface area contributed by atoms with Crippen LogP contribution in [-0.4, -0.2) is 25.5 Å². The van der Waals surface area contributed by atoms with Crippen molar-refractivity contribution in [2.75, 3.05) is 0 Å². The van der Waals surface area contributed by atoms with E-state index in [-0.39, 0.29) is 4.90 Å². The molecule has 3 aromatic carbocycles. The summed E-state index contributed by atoms with van der Waals surface area (Å²) in [6, 6.07) is 12.7. The molecule has 0 unspecified atom stereocenters. The van der Waals surface area contributed by atoms with Gasteiger partial charge < -0.3 is 9.52 Å². The first-order valence-electron chi connectivity index (χ1n) is 10.3. The van der Waals surface area contributed by atoms with Crippen molar-refractivity contribution in [3.8, 4) is 11.1 Å². The third kappa shape index (κ3) is 4.51. The number of furan rings is 1. The van der Waals surface area contributed by atoms with E-state index < -0.39 is 39.7 Å². The van der Waals surface area contributed by atoms with Crippen LogP contribution >= 0.6 is 0 Å². The topological polar surface area (TPSA) is 96.6 Å². The number of carbonyl (C=O) groups is 1. The van der Waals surface area contributed by atoms with E-state index >= 15 is 0 Å². The highest BCUT2D eigenvalue weighted by atomic mass is 32.2. The summed E-state index contributed by atoms with van der Waals surface area (Å²) in [7, 11) is -4.12. The molecule has 34 heavy (non-hydrogen) atoms. The zero-order chi connectivity index (χ0) is 24.8. The van der Waals surface area contributed by atoms with Gasteiger partial charge in [-0.05, 0) is 59.5 Å². The SMILES string of the molecule is CC(C)[C@@H](NS(=O)(=O)c1ccc2oc3cc(-c4ccc(C(F)(F)F)cc4)ccc3c2c1)C(=O)O.